The summed E-state index contributed by atoms with van der Waals surface area (Å²) in [6.45, 7) is 2.04. The number of benzene rings is 1. The number of nitrogens with one attached hydrogen (secondary N) is 1. The minimum atomic E-state index is -0.234. The lowest BCUT2D eigenvalue weighted by molar-refractivity contribution is -0.121. The van der Waals surface area contributed by atoms with Gasteiger partial charge in [-0.05, 0) is 38.3 Å². The summed E-state index contributed by atoms with van der Waals surface area (Å²) in [5.41, 5.74) is 8.74. The molecule has 3 N–H and O–H groups in total. The molecular weight excluding hydrogens is 318 g/mol. The van der Waals surface area contributed by atoms with Gasteiger partial charge in [-0.25, -0.2) is 4.98 Å². The molecule has 1 aromatic carbocycles. The maximum absolute atomic E-state index is 11.3. The Morgan fingerprint density at radius 3 is 2.80 bits per heavy atom. The van der Waals surface area contributed by atoms with Crippen LogP contribution < -0.4 is 11.1 Å². The number of aromatic nitrogens is 5. The third-order valence-electron chi connectivity index (χ3n) is 4.64. The van der Waals surface area contributed by atoms with Crippen LogP contribution in [0.1, 0.15) is 24.8 Å². The normalized spacial score (nSPS) is 20.0. The van der Waals surface area contributed by atoms with E-state index in [1.54, 1.807) is 10.9 Å². The van der Waals surface area contributed by atoms with Gasteiger partial charge in [0.15, 0.2) is 11.2 Å². The number of nitrogens with zero attached hydrogens (tertiary/aromatic N) is 5. The zero-order valence-electron chi connectivity index (χ0n) is 13.9. The van der Waals surface area contributed by atoms with Gasteiger partial charge in [0, 0.05) is 12.0 Å². The SMILES string of the molecule is Cc1ccc(-n2nnc3cnc(NC4CCC(C(N)=O)C4)nc32)cc1. The van der Waals surface area contributed by atoms with Crippen molar-refractivity contribution in [2.75, 3.05) is 5.32 Å². The molecule has 1 amide bonds. The molecule has 0 spiro atoms. The fraction of sp³-hybridized carbons (Fsp3) is 0.353. The van der Waals surface area contributed by atoms with Crippen molar-refractivity contribution in [3.63, 3.8) is 0 Å². The number of anilines is 1. The molecule has 3 aromatic rings. The average Bonchev–Trinajstić information content (AvgIpc) is 3.22. The van der Waals surface area contributed by atoms with Crippen molar-refractivity contribution in [2.24, 2.45) is 11.7 Å². The van der Waals surface area contributed by atoms with E-state index in [-0.39, 0.29) is 17.9 Å². The number of carbonyl (C=O) groups excluding carboxylic acids is 1. The van der Waals surface area contributed by atoms with E-state index >= 15 is 0 Å². The molecule has 0 bridgehead atoms. The fourth-order valence-corrected chi connectivity index (χ4v) is 3.21. The predicted octanol–water partition coefficient (Wildman–Crippen LogP) is 1.58. The van der Waals surface area contributed by atoms with Gasteiger partial charge in [0.1, 0.15) is 0 Å². The van der Waals surface area contributed by atoms with Crippen LogP contribution in [-0.4, -0.2) is 36.9 Å². The van der Waals surface area contributed by atoms with Gasteiger partial charge in [-0.15, -0.1) is 5.10 Å². The Bertz CT molecular complexity index is 918. The number of nitrogens with two attached hydrogens (primary N) is 1. The van der Waals surface area contributed by atoms with Gasteiger partial charge in [-0.1, -0.05) is 22.9 Å². The van der Waals surface area contributed by atoms with E-state index in [2.05, 4.69) is 25.6 Å². The van der Waals surface area contributed by atoms with Crippen molar-refractivity contribution in [1.29, 1.82) is 0 Å². The molecule has 1 saturated carbocycles. The molecule has 2 atom stereocenters. The second-order valence-corrected chi connectivity index (χ2v) is 6.49. The van der Waals surface area contributed by atoms with Crippen molar-refractivity contribution in [1.82, 2.24) is 25.0 Å². The van der Waals surface area contributed by atoms with Crippen molar-refractivity contribution >= 4 is 23.0 Å². The molecule has 25 heavy (non-hydrogen) atoms. The highest BCUT2D eigenvalue weighted by atomic mass is 16.1. The summed E-state index contributed by atoms with van der Waals surface area (Å²) in [6, 6.07) is 8.15. The molecule has 1 aliphatic rings. The van der Waals surface area contributed by atoms with E-state index in [1.165, 1.54) is 5.56 Å². The summed E-state index contributed by atoms with van der Waals surface area (Å²) in [5, 5.41) is 11.6. The first-order valence-electron chi connectivity index (χ1n) is 8.31. The predicted molar refractivity (Wildman–Crippen MR) is 93.1 cm³/mol. The highest BCUT2D eigenvalue weighted by Gasteiger charge is 2.28. The van der Waals surface area contributed by atoms with E-state index in [9.17, 15) is 4.79 Å². The fourth-order valence-electron chi connectivity index (χ4n) is 3.21. The maximum Gasteiger partial charge on any atom is 0.225 e. The molecule has 8 nitrogen and oxygen atoms in total. The minimum Gasteiger partial charge on any atom is -0.369 e. The lowest BCUT2D eigenvalue weighted by atomic mass is 10.1. The first kappa shape index (κ1) is 15.5. The Kier molecular flexibility index (Phi) is 3.79. The van der Waals surface area contributed by atoms with Crippen LogP contribution in [0.2, 0.25) is 0 Å². The number of aryl methyl sites for hydroxylation is 1. The highest BCUT2D eigenvalue weighted by molar-refractivity contribution is 5.77. The van der Waals surface area contributed by atoms with Crippen LogP contribution in [0.25, 0.3) is 16.9 Å². The third-order valence-corrected chi connectivity index (χ3v) is 4.64. The molecule has 8 heteroatoms. The summed E-state index contributed by atoms with van der Waals surface area (Å²) in [4.78, 5) is 20.2. The van der Waals surface area contributed by atoms with E-state index in [1.807, 2.05) is 31.2 Å². The van der Waals surface area contributed by atoms with Crippen LogP contribution in [0.3, 0.4) is 0 Å². The van der Waals surface area contributed by atoms with Crippen LogP contribution in [0.5, 0.6) is 0 Å². The number of hydrogen-bond donors (Lipinski definition) is 2. The molecule has 2 unspecified atom stereocenters. The van der Waals surface area contributed by atoms with Gasteiger partial charge in [-0.3, -0.25) is 4.79 Å². The van der Waals surface area contributed by atoms with Crippen LogP contribution >= 0.6 is 0 Å². The number of hydrogen-bond acceptors (Lipinski definition) is 6. The molecule has 2 heterocycles. The van der Waals surface area contributed by atoms with E-state index < -0.39 is 0 Å². The van der Waals surface area contributed by atoms with Gasteiger partial charge >= 0.3 is 0 Å². The first-order chi connectivity index (χ1) is 12.1. The number of rotatable bonds is 4. The molecule has 4 rings (SSSR count). The lowest BCUT2D eigenvalue weighted by Gasteiger charge is -2.12. The second kappa shape index (κ2) is 6.12. The summed E-state index contributed by atoms with van der Waals surface area (Å²) in [6.07, 6.45) is 4.05. The summed E-state index contributed by atoms with van der Waals surface area (Å²) < 4.78 is 1.70. The van der Waals surface area contributed by atoms with Gasteiger partial charge in [0.25, 0.3) is 0 Å². The second-order valence-electron chi connectivity index (χ2n) is 6.49. The molecule has 1 fully saturated rings. The maximum atomic E-state index is 11.3. The van der Waals surface area contributed by atoms with Crippen LogP contribution in [0, 0.1) is 12.8 Å². The molecule has 128 valence electrons. The number of fused-ring (bicyclic) bond motifs is 1. The van der Waals surface area contributed by atoms with Crippen molar-refractivity contribution in [3.05, 3.63) is 36.0 Å². The molecule has 2 aromatic heterocycles. The van der Waals surface area contributed by atoms with Gasteiger partial charge in [-0.2, -0.15) is 9.67 Å². The quantitative estimate of drug-likeness (QED) is 0.747. The molecule has 0 aliphatic heterocycles. The smallest absolute Gasteiger partial charge is 0.225 e. The molecular formula is C17H19N7O. The first-order valence-corrected chi connectivity index (χ1v) is 8.31. The molecule has 1 aliphatic carbocycles. The molecule has 0 saturated heterocycles. The Balaban J connectivity index is 1.60. The van der Waals surface area contributed by atoms with Crippen molar-refractivity contribution in [2.45, 2.75) is 32.2 Å². The van der Waals surface area contributed by atoms with Crippen LogP contribution in [0.15, 0.2) is 30.5 Å². The van der Waals surface area contributed by atoms with Crippen LogP contribution in [-0.2, 0) is 4.79 Å². The summed E-state index contributed by atoms with van der Waals surface area (Å²) >= 11 is 0. The van der Waals surface area contributed by atoms with Gasteiger partial charge < -0.3 is 11.1 Å². The molecule has 0 radical (unpaired) electrons. The van der Waals surface area contributed by atoms with Crippen molar-refractivity contribution in [3.8, 4) is 5.69 Å². The Labute approximate surface area is 144 Å². The lowest BCUT2D eigenvalue weighted by Crippen LogP contribution is -2.23. The zero-order valence-corrected chi connectivity index (χ0v) is 13.9. The highest BCUT2D eigenvalue weighted by Crippen LogP contribution is 2.27. The number of primary amides is 1. The van der Waals surface area contributed by atoms with E-state index in [4.69, 9.17) is 5.73 Å². The Morgan fingerprint density at radius 1 is 1.28 bits per heavy atom. The zero-order chi connectivity index (χ0) is 17.4. The number of carbonyl (C=O) groups is 1. The monoisotopic (exact) mass is 337 g/mol. The number of amides is 1. The third kappa shape index (κ3) is 3.02. The largest absolute Gasteiger partial charge is 0.369 e. The van der Waals surface area contributed by atoms with Gasteiger partial charge in [0.2, 0.25) is 11.9 Å². The van der Waals surface area contributed by atoms with E-state index in [0.29, 0.717) is 23.5 Å². The Morgan fingerprint density at radius 2 is 2.08 bits per heavy atom. The van der Waals surface area contributed by atoms with Crippen molar-refractivity contribution < 1.29 is 4.79 Å². The topological polar surface area (TPSA) is 112 Å². The standard InChI is InChI=1S/C17H19N7O/c1-10-2-6-13(7-3-10)24-16-14(22-23-24)9-19-17(21-16)20-12-5-4-11(8-12)15(18)25/h2-3,6-7,9,11-12H,4-5,8H2,1H3,(H2,18,25)(H,19,20,21). The summed E-state index contributed by atoms with van der Waals surface area (Å²) in [5.74, 6) is 0.210. The van der Waals surface area contributed by atoms with Gasteiger partial charge in [0.05, 0.1) is 11.9 Å². The average molecular weight is 337 g/mol. The summed E-state index contributed by atoms with van der Waals surface area (Å²) in [7, 11) is 0. The minimum absolute atomic E-state index is 0.0685. The van der Waals surface area contributed by atoms with Crippen LogP contribution in [0.4, 0.5) is 5.95 Å². The Hall–Kier alpha value is -3.03. The van der Waals surface area contributed by atoms with E-state index in [0.717, 1.165) is 18.5 Å².